The molecular weight excluding hydrogens is 350 g/mol. The van der Waals surface area contributed by atoms with Crippen LogP contribution < -0.4 is 0 Å². The van der Waals surface area contributed by atoms with E-state index in [9.17, 15) is 0 Å². The predicted molar refractivity (Wildman–Crippen MR) is 115 cm³/mol. The van der Waals surface area contributed by atoms with Gasteiger partial charge in [0.05, 0.1) is 11.2 Å². The SMILES string of the molecule is Clc1ccc(-c2nc3ccc4cc5ccccc5cc4c3c3c2CC3)cc1. The minimum Gasteiger partial charge on any atom is -0.247 e. The zero-order valence-electron chi connectivity index (χ0n) is 14.7. The lowest BCUT2D eigenvalue weighted by molar-refractivity contribution is 0.847. The van der Waals surface area contributed by atoms with Crippen molar-refractivity contribution in [1.82, 2.24) is 4.98 Å². The van der Waals surface area contributed by atoms with Gasteiger partial charge in [0.15, 0.2) is 0 Å². The number of nitrogens with zero attached hydrogens (tertiary/aromatic N) is 1. The van der Waals surface area contributed by atoms with Crippen molar-refractivity contribution in [2.45, 2.75) is 12.8 Å². The van der Waals surface area contributed by atoms with E-state index in [0.29, 0.717) is 0 Å². The van der Waals surface area contributed by atoms with Gasteiger partial charge < -0.3 is 0 Å². The van der Waals surface area contributed by atoms with Crippen molar-refractivity contribution in [3.8, 4) is 11.3 Å². The topological polar surface area (TPSA) is 12.9 Å². The van der Waals surface area contributed by atoms with Crippen LogP contribution in [0.2, 0.25) is 5.02 Å². The van der Waals surface area contributed by atoms with Crippen molar-refractivity contribution >= 4 is 44.0 Å². The molecule has 0 saturated heterocycles. The first-order valence-electron chi connectivity index (χ1n) is 9.31. The molecular formula is C25H16ClN. The van der Waals surface area contributed by atoms with E-state index in [-0.39, 0.29) is 0 Å². The number of halogens is 1. The summed E-state index contributed by atoms with van der Waals surface area (Å²) in [6, 6.07) is 25.6. The maximum Gasteiger partial charge on any atom is 0.0744 e. The molecule has 0 N–H and O–H groups in total. The smallest absolute Gasteiger partial charge is 0.0744 e. The third-order valence-electron chi connectivity index (χ3n) is 5.79. The van der Waals surface area contributed by atoms with Crippen molar-refractivity contribution in [1.29, 1.82) is 0 Å². The summed E-state index contributed by atoms with van der Waals surface area (Å²) < 4.78 is 0. The summed E-state index contributed by atoms with van der Waals surface area (Å²) in [6.45, 7) is 0. The number of hydrogen-bond acceptors (Lipinski definition) is 1. The lowest BCUT2D eigenvalue weighted by Crippen LogP contribution is -2.13. The molecule has 1 nitrogen and oxygen atoms in total. The van der Waals surface area contributed by atoms with Crippen LogP contribution >= 0.6 is 11.6 Å². The Morgan fingerprint density at radius 3 is 2.19 bits per heavy atom. The Bertz CT molecular complexity index is 1370. The van der Waals surface area contributed by atoms with E-state index >= 15 is 0 Å². The van der Waals surface area contributed by atoms with Crippen LogP contribution in [0.25, 0.3) is 43.7 Å². The van der Waals surface area contributed by atoms with Crippen LogP contribution in [-0.2, 0) is 12.8 Å². The summed E-state index contributed by atoms with van der Waals surface area (Å²) in [4.78, 5) is 5.07. The molecule has 1 heterocycles. The van der Waals surface area contributed by atoms with Crippen LogP contribution in [-0.4, -0.2) is 4.98 Å². The van der Waals surface area contributed by atoms with Gasteiger partial charge in [0.2, 0.25) is 0 Å². The minimum atomic E-state index is 0.760. The fourth-order valence-electron chi connectivity index (χ4n) is 4.36. The van der Waals surface area contributed by atoms with E-state index in [1.165, 1.54) is 38.1 Å². The first-order valence-corrected chi connectivity index (χ1v) is 9.69. The normalized spacial score (nSPS) is 13.1. The molecule has 1 aliphatic carbocycles. The number of aryl methyl sites for hydroxylation is 1. The van der Waals surface area contributed by atoms with Crippen LogP contribution in [0.5, 0.6) is 0 Å². The van der Waals surface area contributed by atoms with E-state index in [1.807, 2.05) is 12.1 Å². The summed E-state index contributed by atoms with van der Waals surface area (Å²) in [5, 5.41) is 7.27. The van der Waals surface area contributed by atoms with Gasteiger partial charge in [-0.2, -0.15) is 0 Å². The molecule has 0 radical (unpaired) electrons. The lowest BCUT2D eigenvalue weighted by Gasteiger charge is -2.25. The highest BCUT2D eigenvalue weighted by atomic mass is 35.5. The molecule has 27 heavy (non-hydrogen) atoms. The van der Waals surface area contributed by atoms with Crippen LogP contribution in [0.15, 0.2) is 72.8 Å². The summed E-state index contributed by atoms with van der Waals surface area (Å²) in [5.74, 6) is 0. The highest BCUT2D eigenvalue weighted by Crippen LogP contribution is 2.41. The Morgan fingerprint density at radius 1 is 0.704 bits per heavy atom. The maximum absolute atomic E-state index is 6.07. The number of aromatic nitrogens is 1. The van der Waals surface area contributed by atoms with Gasteiger partial charge in [-0.05, 0) is 75.8 Å². The Hall–Kier alpha value is -2.90. The van der Waals surface area contributed by atoms with Crippen LogP contribution in [0, 0.1) is 0 Å². The van der Waals surface area contributed by atoms with E-state index in [1.54, 1.807) is 0 Å². The lowest BCUT2D eigenvalue weighted by atomic mass is 9.81. The second-order valence-corrected chi connectivity index (χ2v) is 7.74. The van der Waals surface area contributed by atoms with Crippen LogP contribution in [0.4, 0.5) is 0 Å². The van der Waals surface area contributed by atoms with Crippen molar-refractivity contribution in [2.24, 2.45) is 0 Å². The number of rotatable bonds is 1. The molecule has 0 saturated carbocycles. The first-order chi connectivity index (χ1) is 13.3. The summed E-state index contributed by atoms with van der Waals surface area (Å²) in [6.07, 6.45) is 2.22. The second kappa shape index (κ2) is 5.55. The molecule has 0 fully saturated rings. The molecule has 0 spiro atoms. The molecule has 0 atom stereocenters. The van der Waals surface area contributed by atoms with Crippen LogP contribution in [0.3, 0.4) is 0 Å². The largest absolute Gasteiger partial charge is 0.247 e. The predicted octanol–water partition coefficient (Wildman–Crippen LogP) is 6.96. The third kappa shape index (κ3) is 2.22. The average molecular weight is 366 g/mol. The standard InChI is InChI=1S/C25H16ClN/c26-19-8-5-15(6-9-19)25-21-11-10-20(21)24-22-14-17-4-2-1-3-16(17)13-18(22)7-12-23(24)27-25/h1-9,12-14H,10-11H2. The van der Waals surface area contributed by atoms with Crippen molar-refractivity contribution in [3.05, 3.63) is 88.9 Å². The van der Waals surface area contributed by atoms with E-state index in [0.717, 1.165) is 34.6 Å². The van der Waals surface area contributed by atoms with Gasteiger partial charge in [-0.3, -0.25) is 0 Å². The van der Waals surface area contributed by atoms with Gasteiger partial charge in [-0.15, -0.1) is 0 Å². The first kappa shape index (κ1) is 15.2. The molecule has 1 aliphatic rings. The Kier molecular flexibility index (Phi) is 3.12. The quantitative estimate of drug-likeness (QED) is 0.231. The van der Waals surface area contributed by atoms with Gasteiger partial charge >= 0.3 is 0 Å². The molecule has 128 valence electrons. The summed E-state index contributed by atoms with van der Waals surface area (Å²) in [5.41, 5.74) is 6.20. The summed E-state index contributed by atoms with van der Waals surface area (Å²) >= 11 is 6.07. The van der Waals surface area contributed by atoms with E-state index in [4.69, 9.17) is 16.6 Å². The number of fused-ring (bicyclic) bond motifs is 6. The van der Waals surface area contributed by atoms with Crippen molar-refractivity contribution < 1.29 is 0 Å². The van der Waals surface area contributed by atoms with Gasteiger partial charge in [-0.25, -0.2) is 4.98 Å². The molecule has 0 unspecified atom stereocenters. The van der Waals surface area contributed by atoms with Gasteiger partial charge in [0.1, 0.15) is 0 Å². The molecule has 0 bridgehead atoms. The highest BCUT2D eigenvalue weighted by molar-refractivity contribution is 6.30. The van der Waals surface area contributed by atoms with Gasteiger partial charge in [0, 0.05) is 16.0 Å². The number of benzene rings is 4. The Labute approximate surface area is 162 Å². The van der Waals surface area contributed by atoms with Crippen LogP contribution in [0.1, 0.15) is 11.1 Å². The average Bonchev–Trinajstić information content (AvgIpc) is 2.67. The van der Waals surface area contributed by atoms with Crippen molar-refractivity contribution in [3.63, 3.8) is 0 Å². The highest BCUT2D eigenvalue weighted by Gasteiger charge is 2.24. The molecule has 6 rings (SSSR count). The fourth-order valence-corrected chi connectivity index (χ4v) is 4.49. The maximum atomic E-state index is 6.07. The fraction of sp³-hybridized carbons (Fsp3) is 0.0800. The molecule has 0 aliphatic heterocycles. The number of pyridine rings is 1. The second-order valence-electron chi connectivity index (χ2n) is 7.30. The molecule has 2 heteroatoms. The Morgan fingerprint density at radius 2 is 1.44 bits per heavy atom. The summed E-state index contributed by atoms with van der Waals surface area (Å²) in [7, 11) is 0. The monoisotopic (exact) mass is 365 g/mol. The Balaban J connectivity index is 1.70. The van der Waals surface area contributed by atoms with E-state index < -0.39 is 0 Å². The van der Waals surface area contributed by atoms with Crippen molar-refractivity contribution in [2.75, 3.05) is 0 Å². The number of hydrogen-bond donors (Lipinski definition) is 0. The van der Waals surface area contributed by atoms with E-state index in [2.05, 4.69) is 60.7 Å². The molecule has 5 aromatic rings. The molecule has 1 aromatic heterocycles. The third-order valence-corrected chi connectivity index (χ3v) is 6.04. The minimum absolute atomic E-state index is 0.760. The zero-order valence-corrected chi connectivity index (χ0v) is 15.4. The van der Waals surface area contributed by atoms with Gasteiger partial charge in [-0.1, -0.05) is 54.1 Å². The zero-order chi connectivity index (χ0) is 18.0. The molecule has 0 amide bonds. The molecule has 4 aromatic carbocycles. The van der Waals surface area contributed by atoms with Gasteiger partial charge in [0.25, 0.3) is 0 Å².